The summed E-state index contributed by atoms with van der Waals surface area (Å²) >= 11 is 0. The Hall–Kier alpha value is -2.58. The van der Waals surface area contributed by atoms with Gasteiger partial charge in [0, 0.05) is 17.4 Å². The van der Waals surface area contributed by atoms with E-state index in [0.717, 1.165) is 18.4 Å². The third kappa shape index (κ3) is 5.31. The van der Waals surface area contributed by atoms with E-state index < -0.39 is 22.0 Å². The predicted molar refractivity (Wildman–Crippen MR) is 116 cm³/mol. The number of aliphatic hydroxyl groups excluding tert-OH is 1. The van der Waals surface area contributed by atoms with Crippen LogP contribution < -0.4 is 14.8 Å². The molecular weight excluding hydrogens is 404 g/mol. The fourth-order valence-corrected chi connectivity index (χ4v) is 4.26. The van der Waals surface area contributed by atoms with E-state index in [1.807, 2.05) is 18.2 Å². The molecule has 7 nitrogen and oxygen atoms in total. The van der Waals surface area contributed by atoms with E-state index in [4.69, 9.17) is 4.74 Å². The lowest BCUT2D eigenvalue weighted by Gasteiger charge is -2.17. The van der Waals surface area contributed by atoms with Crippen molar-refractivity contribution >= 4 is 27.3 Å². The average molecular weight is 433 g/mol. The van der Waals surface area contributed by atoms with E-state index in [1.54, 1.807) is 26.8 Å². The van der Waals surface area contributed by atoms with Crippen molar-refractivity contribution in [3.8, 4) is 5.75 Å². The van der Waals surface area contributed by atoms with Crippen molar-refractivity contribution in [1.29, 1.82) is 0 Å². The third-order valence-electron chi connectivity index (χ3n) is 4.89. The first-order chi connectivity index (χ1) is 14.2. The smallest absolute Gasteiger partial charge is 0.265 e. The maximum Gasteiger partial charge on any atom is 0.265 e. The molecule has 2 aromatic rings. The van der Waals surface area contributed by atoms with Gasteiger partial charge in [-0.25, -0.2) is 8.42 Å². The van der Waals surface area contributed by atoms with Crippen molar-refractivity contribution < 1.29 is 23.1 Å². The zero-order valence-corrected chi connectivity index (χ0v) is 18.2. The van der Waals surface area contributed by atoms with Crippen molar-refractivity contribution in [3.63, 3.8) is 0 Å². The van der Waals surface area contributed by atoms with Gasteiger partial charge in [-0.1, -0.05) is 26.0 Å². The van der Waals surface area contributed by atoms with Crippen LogP contribution in [0.2, 0.25) is 0 Å². The van der Waals surface area contributed by atoms with Crippen molar-refractivity contribution in [2.45, 2.75) is 50.5 Å². The van der Waals surface area contributed by atoms with Crippen LogP contribution in [0.15, 0.2) is 47.4 Å². The van der Waals surface area contributed by atoms with Crippen LogP contribution >= 0.6 is 0 Å². The van der Waals surface area contributed by atoms with Gasteiger partial charge >= 0.3 is 0 Å². The van der Waals surface area contributed by atoms with Gasteiger partial charge in [-0.3, -0.25) is 9.52 Å². The fraction of sp³-hybridized carbons (Fsp3) is 0.409. The van der Waals surface area contributed by atoms with Gasteiger partial charge < -0.3 is 15.2 Å². The second-order valence-corrected chi connectivity index (χ2v) is 9.43. The van der Waals surface area contributed by atoms with Crippen molar-refractivity contribution in [3.05, 3.63) is 48.0 Å². The third-order valence-corrected chi connectivity index (χ3v) is 6.31. The number of anilines is 2. The standard InChI is InChI=1S/C22H28N2O5S/c1-4-29-19-13-17(23-22(26)21(25)14(2)3)10-11-20(19)30(27,28)24-18-7-5-6-16(12-18)15-8-9-15/h5-7,10-15,21,24-25H,4,8-9H2,1-3H3,(H,23,26)/t21-/m0/s1. The molecule has 0 heterocycles. The van der Waals surface area contributed by atoms with Crippen LogP contribution in [-0.2, 0) is 14.8 Å². The second-order valence-electron chi connectivity index (χ2n) is 7.78. The quantitative estimate of drug-likeness (QED) is 0.560. The molecule has 0 radical (unpaired) electrons. The van der Waals surface area contributed by atoms with E-state index in [0.29, 0.717) is 17.3 Å². The normalized spacial score (nSPS) is 15.0. The van der Waals surface area contributed by atoms with E-state index in [2.05, 4.69) is 10.0 Å². The van der Waals surface area contributed by atoms with E-state index in [-0.39, 0.29) is 23.2 Å². The Morgan fingerprint density at radius 2 is 1.90 bits per heavy atom. The maximum absolute atomic E-state index is 13.0. The van der Waals surface area contributed by atoms with Crippen LogP contribution in [0.5, 0.6) is 5.75 Å². The summed E-state index contributed by atoms with van der Waals surface area (Å²) < 4.78 is 34.2. The molecule has 0 aliphatic heterocycles. The number of carbonyl (C=O) groups excluding carboxylic acids is 1. The lowest BCUT2D eigenvalue weighted by molar-refractivity contribution is -0.125. The van der Waals surface area contributed by atoms with Crippen LogP contribution in [0.4, 0.5) is 11.4 Å². The molecule has 30 heavy (non-hydrogen) atoms. The zero-order chi connectivity index (χ0) is 21.9. The number of hydrogen-bond acceptors (Lipinski definition) is 5. The number of sulfonamides is 1. The monoisotopic (exact) mass is 432 g/mol. The minimum absolute atomic E-state index is 0.0245. The Bertz CT molecular complexity index is 1020. The minimum atomic E-state index is -3.90. The molecule has 0 saturated heterocycles. The summed E-state index contributed by atoms with van der Waals surface area (Å²) in [6, 6.07) is 11.7. The van der Waals surface area contributed by atoms with Gasteiger partial charge in [0.25, 0.3) is 15.9 Å². The highest BCUT2D eigenvalue weighted by molar-refractivity contribution is 7.92. The number of ether oxygens (including phenoxy) is 1. The van der Waals surface area contributed by atoms with Gasteiger partial charge in [-0.2, -0.15) is 0 Å². The summed E-state index contributed by atoms with van der Waals surface area (Å²) in [6.45, 7) is 5.47. The van der Waals surface area contributed by atoms with Crippen LogP contribution in [0, 0.1) is 5.92 Å². The molecule has 1 fully saturated rings. The van der Waals surface area contributed by atoms with Crippen LogP contribution in [0.25, 0.3) is 0 Å². The van der Waals surface area contributed by atoms with Gasteiger partial charge in [-0.15, -0.1) is 0 Å². The topological polar surface area (TPSA) is 105 Å². The Kier molecular flexibility index (Phi) is 6.67. The Labute approximate surface area is 177 Å². The van der Waals surface area contributed by atoms with Gasteiger partial charge in [0.15, 0.2) is 0 Å². The Balaban J connectivity index is 1.84. The highest BCUT2D eigenvalue weighted by Gasteiger charge is 2.25. The maximum atomic E-state index is 13.0. The van der Waals surface area contributed by atoms with Gasteiger partial charge in [-0.05, 0) is 61.4 Å². The molecule has 162 valence electrons. The first-order valence-corrected chi connectivity index (χ1v) is 11.6. The number of rotatable bonds is 9. The number of amides is 1. The first-order valence-electron chi connectivity index (χ1n) is 10.1. The summed E-state index contributed by atoms with van der Waals surface area (Å²) in [6.07, 6.45) is 1.09. The molecule has 1 amide bonds. The lowest BCUT2D eigenvalue weighted by Crippen LogP contribution is -2.31. The Morgan fingerprint density at radius 1 is 1.17 bits per heavy atom. The highest BCUT2D eigenvalue weighted by atomic mass is 32.2. The summed E-state index contributed by atoms with van der Waals surface area (Å²) in [4.78, 5) is 12.1. The molecule has 0 aromatic heterocycles. The molecule has 1 aliphatic rings. The van der Waals surface area contributed by atoms with Crippen LogP contribution in [-0.4, -0.2) is 32.1 Å². The molecule has 3 N–H and O–H groups in total. The van der Waals surface area contributed by atoms with Gasteiger partial charge in [0.05, 0.1) is 6.61 Å². The summed E-state index contributed by atoms with van der Waals surface area (Å²) in [5, 5.41) is 12.5. The molecule has 8 heteroatoms. The number of hydrogen-bond donors (Lipinski definition) is 3. The molecule has 2 aromatic carbocycles. The fourth-order valence-electron chi connectivity index (χ4n) is 3.08. The molecular formula is C22H28N2O5S. The van der Waals surface area contributed by atoms with E-state index >= 15 is 0 Å². The molecule has 0 bridgehead atoms. The van der Waals surface area contributed by atoms with Crippen molar-refractivity contribution in [2.75, 3.05) is 16.6 Å². The summed E-state index contributed by atoms with van der Waals surface area (Å²) in [5.74, 6) is -0.164. The Morgan fingerprint density at radius 3 is 2.53 bits per heavy atom. The highest BCUT2D eigenvalue weighted by Crippen LogP contribution is 2.41. The summed E-state index contributed by atoms with van der Waals surface area (Å²) in [5.41, 5.74) is 1.97. The summed E-state index contributed by atoms with van der Waals surface area (Å²) in [7, 11) is -3.90. The largest absolute Gasteiger partial charge is 0.492 e. The number of benzene rings is 2. The lowest BCUT2D eigenvalue weighted by atomic mass is 10.1. The molecule has 0 spiro atoms. The molecule has 3 rings (SSSR count). The van der Waals surface area contributed by atoms with E-state index in [1.165, 1.54) is 18.2 Å². The van der Waals surface area contributed by atoms with Gasteiger partial charge in [0.2, 0.25) is 0 Å². The van der Waals surface area contributed by atoms with Gasteiger partial charge in [0.1, 0.15) is 16.7 Å². The molecule has 1 atom stereocenters. The van der Waals surface area contributed by atoms with Crippen LogP contribution in [0.1, 0.15) is 45.1 Å². The SMILES string of the molecule is CCOc1cc(NC(=O)[C@@H](O)C(C)C)ccc1S(=O)(=O)Nc1cccc(C2CC2)c1. The van der Waals surface area contributed by atoms with Crippen molar-refractivity contribution in [1.82, 2.24) is 0 Å². The molecule has 1 aliphatic carbocycles. The second kappa shape index (κ2) is 9.06. The molecule has 1 saturated carbocycles. The van der Waals surface area contributed by atoms with Crippen molar-refractivity contribution in [2.24, 2.45) is 5.92 Å². The number of aliphatic hydroxyl groups is 1. The molecule has 0 unspecified atom stereocenters. The number of nitrogens with one attached hydrogen (secondary N) is 2. The first kappa shape index (κ1) is 22.1. The van der Waals surface area contributed by atoms with Crippen LogP contribution in [0.3, 0.4) is 0 Å². The average Bonchev–Trinajstić information content (AvgIpc) is 3.52. The predicted octanol–water partition coefficient (Wildman–Crippen LogP) is 3.72. The minimum Gasteiger partial charge on any atom is -0.492 e. The zero-order valence-electron chi connectivity index (χ0n) is 17.4. The number of carbonyl (C=O) groups is 1. The van der Waals surface area contributed by atoms with E-state index in [9.17, 15) is 18.3 Å².